The van der Waals surface area contributed by atoms with Gasteiger partial charge in [0.15, 0.2) is 5.75 Å². The number of fused-ring (bicyclic) bond motifs is 1. The van der Waals surface area contributed by atoms with E-state index in [1.807, 2.05) is 0 Å². The predicted octanol–water partition coefficient (Wildman–Crippen LogP) is 1.93. The Balaban J connectivity index is 2.11. The van der Waals surface area contributed by atoms with Crippen LogP contribution in [-0.2, 0) is 0 Å². The fraction of sp³-hybridized carbons (Fsp3) is 0.625. The van der Waals surface area contributed by atoms with Gasteiger partial charge >= 0.3 is 0 Å². The molecule has 2 aliphatic heterocycles. The van der Waals surface area contributed by atoms with Gasteiger partial charge in [0.25, 0.3) is 0 Å². The van der Waals surface area contributed by atoms with Crippen LogP contribution < -0.4 is 19.9 Å². The van der Waals surface area contributed by atoms with Crippen LogP contribution in [0.1, 0.15) is 18.1 Å². The van der Waals surface area contributed by atoms with E-state index < -0.39 is 0 Å². The Hall–Kier alpha value is -1.42. The normalized spacial score (nSPS) is 22.5. The molecule has 0 aliphatic carbocycles. The number of hydrogen-bond acceptors (Lipinski definition) is 4. The van der Waals surface area contributed by atoms with Crippen molar-refractivity contribution in [3.05, 3.63) is 17.2 Å². The van der Waals surface area contributed by atoms with Gasteiger partial charge in [-0.25, -0.2) is 0 Å². The van der Waals surface area contributed by atoms with Crippen molar-refractivity contribution in [2.75, 3.05) is 49.6 Å². The first-order valence-electron chi connectivity index (χ1n) is 7.55. The van der Waals surface area contributed by atoms with E-state index in [-0.39, 0.29) is 6.10 Å². The van der Waals surface area contributed by atoms with Gasteiger partial charge in [0, 0.05) is 33.2 Å². The number of ether oxygens (including phenoxy) is 1. The zero-order chi connectivity index (χ0) is 14.3. The minimum atomic E-state index is 0.246. The van der Waals surface area contributed by atoms with E-state index in [2.05, 4.69) is 49.0 Å². The number of nitrogens with zero attached hydrogens (tertiary/aromatic N) is 2. The molecule has 1 unspecified atom stereocenters. The second-order valence-electron chi connectivity index (χ2n) is 6.08. The highest BCUT2D eigenvalue weighted by molar-refractivity contribution is 5.79. The van der Waals surface area contributed by atoms with E-state index in [0.29, 0.717) is 0 Å². The first kappa shape index (κ1) is 13.6. The average Bonchev–Trinajstić information content (AvgIpc) is 2.38. The first-order valence-corrected chi connectivity index (χ1v) is 7.55. The number of likely N-dealkylation sites (N-methyl/N-ethyl adjacent to an activating group) is 1. The third-order valence-electron chi connectivity index (χ3n) is 4.28. The fourth-order valence-corrected chi connectivity index (χ4v) is 3.51. The standard InChI is InChI=1S/C16H25N3O/c1-11-9-12(2)15(19-7-5-17-6-8-19)16-14(11)18(4)10-13(3)20-16/h9,13,17H,5-8,10H2,1-4H3. The Morgan fingerprint density at radius 2 is 1.80 bits per heavy atom. The molecule has 0 saturated carbocycles. The van der Waals surface area contributed by atoms with Crippen molar-refractivity contribution in [3.63, 3.8) is 0 Å². The fourth-order valence-electron chi connectivity index (χ4n) is 3.51. The summed E-state index contributed by atoms with van der Waals surface area (Å²) in [6.07, 6.45) is 0.246. The van der Waals surface area contributed by atoms with Crippen LogP contribution in [0.3, 0.4) is 0 Å². The van der Waals surface area contributed by atoms with Crippen LogP contribution in [0.25, 0.3) is 0 Å². The van der Waals surface area contributed by atoms with Crippen LogP contribution in [-0.4, -0.2) is 45.9 Å². The van der Waals surface area contributed by atoms with Crippen molar-refractivity contribution in [2.24, 2.45) is 0 Å². The summed E-state index contributed by atoms with van der Waals surface area (Å²) in [6, 6.07) is 2.30. The summed E-state index contributed by atoms with van der Waals surface area (Å²) in [5, 5.41) is 3.42. The molecular formula is C16H25N3O. The van der Waals surface area contributed by atoms with E-state index in [1.54, 1.807) is 0 Å². The molecule has 20 heavy (non-hydrogen) atoms. The predicted molar refractivity (Wildman–Crippen MR) is 84.4 cm³/mol. The Labute approximate surface area is 121 Å². The molecule has 110 valence electrons. The Bertz CT molecular complexity index is 509. The van der Waals surface area contributed by atoms with Crippen LogP contribution in [0.15, 0.2) is 6.07 Å². The van der Waals surface area contributed by atoms with Gasteiger partial charge in [0.2, 0.25) is 0 Å². The summed E-state index contributed by atoms with van der Waals surface area (Å²) in [5.74, 6) is 1.09. The number of hydrogen-bond donors (Lipinski definition) is 1. The van der Waals surface area contributed by atoms with Gasteiger partial charge in [-0.15, -0.1) is 0 Å². The summed E-state index contributed by atoms with van der Waals surface area (Å²) in [5.41, 5.74) is 5.20. The summed E-state index contributed by atoms with van der Waals surface area (Å²) in [7, 11) is 2.17. The molecule has 2 aliphatic rings. The zero-order valence-electron chi connectivity index (χ0n) is 13.0. The SMILES string of the molecule is Cc1cc(C)c(N2CCNCC2)c2c1N(C)CC(C)O2. The first-order chi connectivity index (χ1) is 9.58. The maximum absolute atomic E-state index is 6.24. The van der Waals surface area contributed by atoms with Crippen molar-refractivity contribution in [2.45, 2.75) is 26.9 Å². The largest absolute Gasteiger partial charge is 0.484 e. The number of piperazine rings is 1. The lowest BCUT2D eigenvalue weighted by molar-refractivity contribution is 0.215. The second kappa shape index (κ2) is 5.17. The third kappa shape index (κ3) is 2.22. The topological polar surface area (TPSA) is 27.7 Å². The molecule has 1 aromatic carbocycles. The van der Waals surface area contributed by atoms with E-state index in [9.17, 15) is 0 Å². The van der Waals surface area contributed by atoms with Crippen LogP contribution in [0.5, 0.6) is 5.75 Å². The van der Waals surface area contributed by atoms with E-state index >= 15 is 0 Å². The summed E-state index contributed by atoms with van der Waals surface area (Å²) in [6.45, 7) is 11.7. The average molecular weight is 275 g/mol. The minimum absolute atomic E-state index is 0.246. The minimum Gasteiger partial charge on any atom is -0.484 e. The molecule has 0 radical (unpaired) electrons. The number of anilines is 2. The van der Waals surface area contributed by atoms with Crippen molar-refractivity contribution in [1.29, 1.82) is 0 Å². The number of nitrogens with one attached hydrogen (secondary N) is 1. The van der Waals surface area contributed by atoms with Crippen LogP contribution >= 0.6 is 0 Å². The van der Waals surface area contributed by atoms with Crippen molar-refractivity contribution in [3.8, 4) is 5.75 Å². The lowest BCUT2D eigenvalue weighted by Gasteiger charge is -2.39. The molecule has 1 atom stereocenters. The lowest BCUT2D eigenvalue weighted by Crippen LogP contribution is -2.45. The Morgan fingerprint density at radius 3 is 2.50 bits per heavy atom. The van der Waals surface area contributed by atoms with E-state index in [0.717, 1.165) is 38.5 Å². The highest BCUT2D eigenvalue weighted by Gasteiger charge is 2.28. The quantitative estimate of drug-likeness (QED) is 0.847. The molecule has 0 aromatic heterocycles. The van der Waals surface area contributed by atoms with Crippen molar-refractivity contribution in [1.82, 2.24) is 5.32 Å². The van der Waals surface area contributed by atoms with Gasteiger partial charge in [-0.1, -0.05) is 6.07 Å². The van der Waals surface area contributed by atoms with Crippen LogP contribution in [0, 0.1) is 13.8 Å². The number of rotatable bonds is 1. The number of benzene rings is 1. The second-order valence-corrected chi connectivity index (χ2v) is 6.08. The molecule has 4 nitrogen and oxygen atoms in total. The summed E-state index contributed by atoms with van der Waals surface area (Å²) in [4.78, 5) is 4.81. The molecule has 3 rings (SSSR count). The van der Waals surface area contributed by atoms with Crippen molar-refractivity contribution >= 4 is 11.4 Å². The molecule has 1 fully saturated rings. The Morgan fingerprint density at radius 1 is 1.15 bits per heavy atom. The highest BCUT2D eigenvalue weighted by atomic mass is 16.5. The zero-order valence-corrected chi connectivity index (χ0v) is 13.0. The smallest absolute Gasteiger partial charge is 0.166 e. The van der Waals surface area contributed by atoms with Crippen LogP contribution in [0.2, 0.25) is 0 Å². The molecule has 2 heterocycles. The van der Waals surface area contributed by atoms with Gasteiger partial charge in [-0.05, 0) is 31.9 Å². The summed E-state index contributed by atoms with van der Waals surface area (Å²) < 4.78 is 6.24. The molecule has 0 spiro atoms. The highest BCUT2D eigenvalue weighted by Crippen LogP contribution is 2.45. The molecule has 1 aromatic rings. The van der Waals surface area contributed by atoms with Gasteiger partial charge in [-0.2, -0.15) is 0 Å². The summed E-state index contributed by atoms with van der Waals surface area (Å²) >= 11 is 0. The van der Waals surface area contributed by atoms with Gasteiger partial charge in [-0.3, -0.25) is 0 Å². The van der Waals surface area contributed by atoms with Crippen molar-refractivity contribution < 1.29 is 4.74 Å². The van der Waals surface area contributed by atoms with Gasteiger partial charge < -0.3 is 19.9 Å². The van der Waals surface area contributed by atoms with E-state index in [1.165, 1.54) is 22.5 Å². The number of aryl methyl sites for hydroxylation is 2. The van der Waals surface area contributed by atoms with Gasteiger partial charge in [0.1, 0.15) is 6.10 Å². The molecular weight excluding hydrogens is 250 g/mol. The van der Waals surface area contributed by atoms with Crippen LogP contribution in [0.4, 0.5) is 11.4 Å². The maximum atomic E-state index is 6.24. The Kier molecular flexibility index (Phi) is 3.50. The molecule has 1 saturated heterocycles. The maximum Gasteiger partial charge on any atom is 0.166 e. The molecule has 0 amide bonds. The molecule has 1 N–H and O–H groups in total. The van der Waals surface area contributed by atoms with Gasteiger partial charge in [0.05, 0.1) is 17.9 Å². The molecule has 4 heteroatoms. The third-order valence-corrected chi connectivity index (χ3v) is 4.28. The lowest BCUT2D eigenvalue weighted by atomic mass is 10.0. The monoisotopic (exact) mass is 275 g/mol. The molecule has 0 bridgehead atoms. The van der Waals surface area contributed by atoms with E-state index in [4.69, 9.17) is 4.74 Å².